The van der Waals surface area contributed by atoms with E-state index in [0.29, 0.717) is 19.6 Å². The van der Waals surface area contributed by atoms with Crippen molar-refractivity contribution in [2.45, 2.75) is 32.4 Å². The molecule has 0 saturated heterocycles. The molecule has 0 bridgehead atoms. The highest BCUT2D eigenvalue weighted by molar-refractivity contribution is 5.83. The van der Waals surface area contributed by atoms with Gasteiger partial charge in [0.15, 0.2) is 0 Å². The number of aryl methyl sites for hydroxylation is 1. The lowest BCUT2D eigenvalue weighted by Gasteiger charge is -2.10. The van der Waals surface area contributed by atoms with Gasteiger partial charge < -0.3 is 15.0 Å². The summed E-state index contributed by atoms with van der Waals surface area (Å²) in [7, 11) is 1.68. The molecule has 4 heteroatoms. The Labute approximate surface area is 148 Å². The molecule has 1 amide bonds. The molecule has 0 atom stereocenters. The lowest BCUT2D eigenvalue weighted by Crippen LogP contribution is -2.23. The number of nitrogens with one attached hydrogen (secondary N) is 2. The highest BCUT2D eigenvalue weighted by atomic mass is 16.5. The smallest absolute Gasteiger partial charge is 0.220 e. The van der Waals surface area contributed by atoms with Crippen LogP contribution < -0.4 is 5.32 Å². The Morgan fingerprint density at radius 2 is 1.80 bits per heavy atom. The van der Waals surface area contributed by atoms with Gasteiger partial charge >= 0.3 is 0 Å². The molecule has 3 rings (SSSR count). The average Bonchev–Trinajstić information content (AvgIpc) is 3.05. The van der Waals surface area contributed by atoms with E-state index in [1.807, 2.05) is 42.6 Å². The lowest BCUT2D eigenvalue weighted by atomic mass is 10.1. The first-order valence-corrected chi connectivity index (χ1v) is 8.65. The van der Waals surface area contributed by atoms with Crippen LogP contribution in [0.2, 0.25) is 0 Å². The summed E-state index contributed by atoms with van der Waals surface area (Å²) in [5.74, 6) is 0.0899. The second-order valence-electron chi connectivity index (χ2n) is 6.19. The van der Waals surface area contributed by atoms with Gasteiger partial charge in [0, 0.05) is 37.2 Å². The summed E-state index contributed by atoms with van der Waals surface area (Å²) in [6.45, 7) is 1.11. The molecule has 130 valence electrons. The van der Waals surface area contributed by atoms with E-state index in [2.05, 4.69) is 22.4 Å². The number of para-hydroxylation sites is 1. The van der Waals surface area contributed by atoms with Crippen molar-refractivity contribution in [3.05, 3.63) is 71.4 Å². The normalized spacial score (nSPS) is 10.9. The highest BCUT2D eigenvalue weighted by Gasteiger charge is 2.07. The minimum Gasteiger partial charge on any atom is -0.380 e. The Hall–Kier alpha value is -2.59. The van der Waals surface area contributed by atoms with Crippen molar-refractivity contribution in [1.29, 1.82) is 0 Å². The number of methoxy groups -OCH3 is 1. The molecule has 1 heterocycles. The van der Waals surface area contributed by atoms with Crippen LogP contribution >= 0.6 is 0 Å². The fraction of sp³-hybridized carbons (Fsp3) is 0.286. The third kappa shape index (κ3) is 4.48. The van der Waals surface area contributed by atoms with E-state index in [0.717, 1.165) is 29.5 Å². The standard InChI is InChI=1S/C21H24N2O2/c1-25-15-18-8-3-2-7-16(18)13-23-21(24)12-6-9-17-14-22-20-11-5-4-10-19(17)20/h2-5,7-8,10-11,14,22H,6,9,12-13,15H2,1H3,(H,23,24). The van der Waals surface area contributed by atoms with Gasteiger partial charge in [-0.25, -0.2) is 0 Å². The van der Waals surface area contributed by atoms with Gasteiger partial charge in [-0.3, -0.25) is 4.79 Å². The highest BCUT2D eigenvalue weighted by Crippen LogP contribution is 2.19. The van der Waals surface area contributed by atoms with Gasteiger partial charge in [-0.2, -0.15) is 0 Å². The van der Waals surface area contributed by atoms with Gasteiger partial charge in [0.25, 0.3) is 0 Å². The molecule has 0 saturated carbocycles. The van der Waals surface area contributed by atoms with Crippen LogP contribution in [0.25, 0.3) is 10.9 Å². The van der Waals surface area contributed by atoms with E-state index in [1.165, 1.54) is 10.9 Å². The molecule has 0 aliphatic heterocycles. The summed E-state index contributed by atoms with van der Waals surface area (Å²) in [6, 6.07) is 16.3. The van der Waals surface area contributed by atoms with E-state index < -0.39 is 0 Å². The number of carbonyl (C=O) groups is 1. The SMILES string of the molecule is COCc1ccccc1CNC(=O)CCCc1c[nH]c2ccccc12. The molecule has 2 N–H and O–H groups in total. The second-order valence-corrected chi connectivity index (χ2v) is 6.19. The van der Waals surface area contributed by atoms with E-state index >= 15 is 0 Å². The number of rotatable bonds is 8. The summed E-state index contributed by atoms with van der Waals surface area (Å²) in [5.41, 5.74) is 4.64. The molecule has 2 aromatic carbocycles. The maximum absolute atomic E-state index is 12.1. The Bertz CT molecular complexity index is 839. The first-order valence-electron chi connectivity index (χ1n) is 8.65. The van der Waals surface area contributed by atoms with Crippen LogP contribution in [0.15, 0.2) is 54.7 Å². The topological polar surface area (TPSA) is 54.1 Å². The Morgan fingerprint density at radius 3 is 2.64 bits per heavy atom. The van der Waals surface area contributed by atoms with Gasteiger partial charge in [0.2, 0.25) is 5.91 Å². The summed E-state index contributed by atoms with van der Waals surface area (Å²) in [6.07, 6.45) is 4.32. The molecule has 0 radical (unpaired) electrons. The van der Waals surface area contributed by atoms with Crippen LogP contribution in [-0.4, -0.2) is 18.0 Å². The van der Waals surface area contributed by atoms with Gasteiger partial charge in [0.1, 0.15) is 0 Å². The van der Waals surface area contributed by atoms with Crippen LogP contribution in [0.1, 0.15) is 29.5 Å². The maximum atomic E-state index is 12.1. The molecule has 0 fully saturated rings. The van der Waals surface area contributed by atoms with E-state index in [1.54, 1.807) is 7.11 Å². The number of amides is 1. The number of ether oxygens (including phenoxy) is 1. The summed E-state index contributed by atoms with van der Waals surface area (Å²) < 4.78 is 5.20. The average molecular weight is 336 g/mol. The van der Waals surface area contributed by atoms with Gasteiger partial charge in [-0.05, 0) is 35.6 Å². The monoisotopic (exact) mass is 336 g/mol. The number of hydrogen-bond acceptors (Lipinski definition) is 2. The van der Waals surface area contributed by atoms with E-state index in [9.17, 15) is 4.79 Å². The predicted octanol–water partition coefficient (Wildman–Crippen LogP) is 3.95. The molecule has 0 aliphatic rings. The molecule has 25 heavy (non-hydrogen) atoms. The van der Waals surface area contributed by atoms with Crippen molar-refractivity contribution < 1.29 is 9.53 Å². The zero-order valence-electron chi connectivity index (χ0n) is 14.5. The van der Waals surface area contributed by atoms with Crippen molar-refractivity contribution in [3.8, 4) is 0 Å². The maximum Gasteiger partial charge on any atom is 0.220 e. The minimum atomic E-state index is 0.0899. The van der Waals surface area contributed by atoms with E-state index in [-0.39, 0.29) is 5.91 Å². The number of aromatic amines is 1. The zero-order valence-corrected chi connectivity index (χ0v) is 14.5. The second kappa shape index (κ2) is 8.49. The van der Waals surface area contributed by atoms with Crippen LogP contribution in [0.3, 0.4) is 0 Å². The van der Waals surface area contributed by atoms with Gasteiger partial charge in [-0.15, -0.1) is 0 Å². The molecule has 0 aliphatic carbocycles. The Morgan fingerprint density at radius 1 is 1.04 bits per heavy atom. The number of aromatic nitrogens is 1. The number of fused-ring (bicyclic) bond motifs is 1. The fourth-order valence-electron chi connectivity index (χ4n) is 3.09. The number of H-pyrrole nitrogens is 1. The van der Waals surface area contributed by atoms with Crippen LogP contribution in [-0.2, 0) is 29.1 Å². The first kappa shape index (κ1) is 17.2. The van der Waals surface area contributed by atoms with E-state index in [4.69, 9.17) is 4.74 Å². The first-order chi connectivity index (χ1) is 12.3. The predicted molar refractivity (Wildman–Crippen MR) is 100 cm³/mol. The molecule has 4 nitrogen and oxygen atoms in total. The molecule has 1 aromatic heterocycles. The lowest BCUT2D eigenvalue weighted by molar-refractivity contribution is -0.121. The Kier molecular flexibility index (Phi) is 5.86. The fourth-order valence-corrected chi connectivity index (χ4v) is 3.09. The molecular weight excluding hydrogens is 312 g/mol. The Balaban J connectivity index is 1.47. The summed E-state index contributed by atoms with van der Waals surface area (Å²) in [5, 5.41) is 4.26. The van der Waals surface area contributed by atoms with Crippen LogP contribution in [0.4, 0.5) is 0 Å². The van der Waals surface area contributed by atoms with Crippen molar-refractivity contribution >= 4 is 16.8 Å². The van der Waals surface area contributed by atoms with Gasteiger partial charge in [0.05, 0.1) is 6.61 Å². The van der Waals surface area contributed by atoms with Crippen molar-refractivity contribution in [3.63, 3.8) is 0 Å². The minimum absolute atomic E-state index is 0.0899. The van der Waals surface area contributed by atoms with Crippen LogP contribution in [0.5, 0.6) is 0 Å². The zero-order chi connectivity index (χ0) is 17.5. The molecule has 3 aromatic rings. The summed E-state index contributed by atoms with van der Waals surface area (Å²) >= 11 is 0. The largest absolute Gasteiger partial charge is 0.380 e. The summed E-state index contributed by atoms with van der Waals surface area (Å²) in [4.78, 5) is 15.4. The van der Waals surface area contributed by atoms with Crippen molar-refractivity contribution in [2.24, 2.45) is 0 Å². The number of hydrogen-bond donors (Lipinski definition) is 2. The number of benzene rings is 2. The quantitative estimate of drug-likeness (QED) is 0.654. The van der Waals surface area contributed by atoms with Crippen LogP contribution in [0, 0.1) is 0 Å². The third-order valence-corrected chi connectivity index (χ3v) is 4.42. The third-order valence-electron chi connectivity index (χ3n) is 4.42. The van der Waals surface area contributed by atoms with Crippen molar-refractivity contribution in [1.82, 2.24) is 10.3 Å². The van der Waals surface area contributed by atoms with Crippen molar-refractivity contribution in [2.75, 3.05) is 7.11 Å². The molecular formula is C21H24N2O2. The molecule has 0 spiro atoms. The van der Waals surface area contributed by atoms with Gasteiger partial charge in [-0.1, -0.05) is 42.5 Å². The number of carbonyl (C=O) groups excluding carboxylic acids is 1. The molecule has 0 unspecified atom stereocenters.